The predicted molar refractivity (Wildman–Crippen MR) is 112 cm³/mol. The smallest absolute Gasteiger partial charge is 0.323 e. The van der Waals surface area contributed by atoms with Crippen LogP contribution in [0.2, 0.25) is 5.02 Å². The molecule has 0 aliphatic carbocycles. The summed E-state index contributed by atoms with van der Waals surface area (Å²) in [7, 11) is 1.06. The molecule has 0 saturated carbocycles. The van der Waals surface area contributed by atoms with E-state index in [4.69, 9.17) is 11.6 Å². The van der Waals surface area contributed by atoms with Crippen LogP contribution in [0, 0.1) is 13.8 Å². The molecule has 1 atom stereocenters. The first-order valence-corrected chi connectivity index (χ1v) is 9.29. The molecular weight excluding hydrogens is 410 g/mol. The number of benzene rings is 2. The normalized spacial score (nSPS) is 11.7. The Balaban J connectivity index is 2.02. The molecule has 0 spiro atoms. The second-order valence-electron chi connectivity index (χ2n) is 6.71. The number of ketones is 1. The van der Waals surface area contributed by atoms with Crippen LogP contribution < -0.4 is 10.9 Å². The highest BCUT2D eigenvalue weighted by Crippen LogP contribution is 2.21. The molecule has 0 aliphatic rings. The number of aryl methyl sites for hydroxylation is 2. The fourth-order valence-corrected chi connectivity index (χ4v) is 3.09. The van der Waals surface area contributed by atoms with Gasteiger partial charge in [-0.25, -0.2) is 4.98 Å². The molecule has 3 rings (SSSR count). The molecular formula is C21H18ClN3O5. The quantitative estimate of drug-likeness (QED) is 0.367. The maximum absolute atomic E-state index is 12.9. The first kappa shape index (κ1) is 21.2. The van der Waals surface area contributed by atoms with Gasteiger partial charge in [-0.2, -0.15) is 0 Å². The molecule has 2 aromatic carbocycles. The van der Waals surface area contributed by atoms with Crippen LogP contribution in [-0.2, 0) is 19.1 Å². The van der Waals surface area contributed by atoms with Gasteiger partial charge in [-0.15, -0.1) is 0 Å². The van der Waals surface area contributed by atoms with Gasteiger partial charge in [-0.3, -0.25) is 19.2 Å². The number of rotatable bonds is 5. The van der Waals surface area contributed by atoms with Gasteiger partial charge in [0.15, 0.2) is 5.92 Å². The number of carbonyl (C=O) groups is 3. The zero-order valence-corrected chi connectivity index (χ0v) is 17.2. The van der Waals surface area contributed by atoms with E-state index in [1.54, 1.807) is 25.1 Å². The van der Waals surface area contributed by atoms with Crippen LogP contribution in [0.3, 0.4) is 0 Å². The van der Waals surface area contributed by atoms with Gasteiger partial charge >= 0.3 is 5.97 Å². The number of anilines is 1. The zero-order chi connectivity index (χ0) is 22.0. The first-order chi connectivity index (χ1) is 14.2. The molecule has 1 amide bonds. The molecule has 1 aromatic heterocycles. The molecule has 0 unspecified atom stereocenters. The lowest BCUT2D eigenvalue weighted by atomic mass is 9.99. The van der Waals surface area contributed by atoms with Crippen molar-refractivity contribution in [3.05, 3.63) is 68.6 Å². The molecule has 0 fully saturated rings. The average Bonchev–Trinajstić information content (AvgIpc) is 2.70. The number of nitrogens with one attached hydrogen (secondary N) is 2. The van der Waals surface area contributed by atoms with Crippen LogP contribution in [-0.4, -0.2) is 34.7 Å². The molecule has 2 N–H and O–H groups in total. The van der Waals surface area contributed by atoms with Gasteiger partial charge in [0.05, 0.1) is 18.1 Å². The minimum atomic E-state index is -1.82. The van der Waals surface area contributed by atoms with E-state index in [1.807, 2.05) is 13.0 Å². The zero-order valence-electron chi connectivity index (χ0n) is 16.4. The number of hydrogen-bond acceptors (Lipinski definition) is 6. The van der Waals surface area contributed by atoms with Gasteiger partial charge in [0.2, 0.25) is 5.78 Å². The Kier molecular flexibility index (Phi) is 5.98. The number of ether oxygens (including phenoxy) is 1. The average molecular weight is 428 g/mol. The Labute approximate surface area is 176 Å². The van der Waals surface area contributed by atoms with E-state index in [1.165, 1.54) is 12.1 Å². The van der Waals surface area contributed by atoms with Crippen LogP contribution in [0.4, 0.5) is 5.69 Å². The maximum atomic E-state index is 12.9. The molecule has 1 heterocycles. The van der Waals surface area contributed by atoms with Crippen molar-refractivity contribution < 1.29 is 19.1 Å². The third-order valence-electron chi connectivity index (χ3n) is 4.52. The van der Waals surface area contributed by atoms with Crippen LogP contribution in [0.1, 0.15) is 22.7 Å². The molecule has 8 nitrogen and oxygen atoms in total. The van der Waals surface area contributed by atoms with Crippen molar-refractivity contribution in [2.24, 2.45) is 0 Å². The van der Waals surface area contributed by atoms with E-state index in [9.17, 15) is 19.2 Å². The third kappa shape index (κ3) is 4.23. The Morgan fingerprint density at radius 1 is 1.13 bits per heavy atom. The summed E-state index contributed by atoms with van der Waals surface area (Å²) in [5.41, 5.74) is 1.42. The van der Waals surface area contributed by atoms with Gasteiger partial charge < -0.3 is 15.0 Å². The van der Waals surface area contributed by atoms with Crippen molar-refractivity contribution in [1.82, 2.24) is 9.97 Å². The van der Waals surface area contributed by atoms with Crippen molar-refractivity contribution in [1.29, 1.82) is 0 Å². The lowest BCUT2D eigenvalue weighted by molar-refractivity contribution is -0.148. The van der Waals surface area contributed by atoms with Gasteiger partial charge in [0, 0.05) is 10.7 Å². The first-order valence-electron chi connectivity index (χ1n) is 8.91. The molecule has 9 heteroatoms. The van der Waals surface area contributed by atoms with Crippen molar-refractivity contribution in [3.63, 3.8) is 0 Å². The number of methoxy groups -OCH3 is 1. The number of aromatic nitrogens is 2. The van der Waals surface area contributed by atoms with E-state index in [2.05, 4.69) is 20.0 Å². The monoisotopic (exact) mass is 427 g/mol. The van der Waals surface area contributed by atoms with Gasteiger partial charge in [0.1, 0.15) is 5.69 Å². The fraction of sp³-hybridized carbons (Fsp3) is 0.190. The van der Waals surface area contributed by atoms with E-state index >= 15 is 0 Å². The molecule has 30 heavy (non-hydrogen) atoms. The van der Waals surface area contributed by atoms with E-state index in [0.29, 0.717) is 21.7 Å². The number of hydrogen-bond donors (Lipinski definition) is 2. The molecule has 0 bridgehead atoms. The largest absolute Gasteiger partial charge is 0.468 e. The number of carbonyl (C=O) groups excluding carboxylic acids is 3. The Morgan fingerprint density at radius 3 is 2.57 bits per heavy atom. The lowest BCUT2D eigenvalue weighted by Gasteiger charge is -2.14. The second kappa shape index (κ2) is 8.46. The predicted octanol–water partition coefficient (Wildman–Crippen LogP) is 2.66. The van der Waals surface area contributed by atoms with E-state index in [-0.39, 0.29) is 0 Å². The highest BCUT2D eigenvalue weighted by atomic mass is 35.5. The van der Waals surface area contributed by atoms with Crippen LogP contribution in [0.5, 0.6) is 0 Å². The summed E-state index contributed by atoms with van der Waals surface area (Å²) in [6.45, 7) is 3.59. The SMILES string of the molecule is COC(=O)[C@@H](C(=O)C(=O)Nc1cc(C)ccc1C)c1nc2ccc(Cl)cc2[nH]c1=O. The second-order valence-corrected chi connectivity index (χ2v) is 7.14. The Hall–Kier alpha value is -3.52. The summed E-state index contributed by atoms with van der Waals surface area (Å²) in [4.78, 5) is 57.0. The number of amides is 1. The minimum absolute atomic E-state index is 0.297. The number of nitrogens with zero attached hydrogens (tertiary/aromatic N) is 1. The summed E-state index contributed by atoms with van der Waals surface area (Å²) in [6, 6.07) is 9.88. The Morgan fingerprint density at radius 2 is 1.87 bits per heavy atom. The summed E-state index contributed by atoms with van der Waals surface area (Å²) < 4.78 is 4.66. The van der Waals surface area contributed by atoms with E-state index in [0.717, 1.165) is 18.2 Å². The van der Waals surface area contributed by atoms with Gasteiger partial charge in [-0.1, -0.05) is 23.7 Å². The van der Waals surface area contributed by atoms with Crippen molar-refractivity contribution in [2.75, 3.05) is 12.4 Å². The summed E-state index contributed by atoms with van der Waals surface area (Å²) in [6.07, 6.45) is 0. The highest BCUT2D eigenvalue weighted by molar-refractivity contribution is 6.45. The number of halogens is 1. The van der Waals surface area contributed by atoms with Gasteiger partial charge in [0.25, 0.3) is 11.5 Å². The highest BCUT2D eigenvalue weighted by Gasteiger charge is 2.37. The van der Waals surface area contributed by atoms with Crippen molar-refractivity contribution >= 4 is 46.0 Å². The lowest BCUT2D eigenvalue weighted by Crippen LogP contribution is -2.37. The molecule has 0 saturated heterocycles. The maximum Gasteiger partial charge on any atom is 0.323 e. The fourth-order valence-electron chi connectivity index (χ4n) is 2.91. The number of aromatic amines is 1. The molecule has 3 aromatic rings. The Bertz CT molecular complexity index is 1240. The topological polar surface area (TPSA) is 118 Å². The van der Waals surface area contributed by atoms with Crippen molar-refractivity contribution in [3.8, 4) is 0 Å². The molecule has 0 radical (unpaired) electrons. The number of Topliss-reactive ketones (excluding diaryl/α,β-unsaturated/α-hetero) is 1. The third-order valence-corrected chi connectivity index (χ3v) is 4.75. The number of H-pyrrole nitrogens is 1. The summed E-state index contributed by atoms with van der Waals surface area (Å²) in [5, 5.41) is 2.87. The van der Waals surface area contributed by atoms with Crippen LogP contribution >= 0.6 is 11.6 Å². The summed E-state index contributed by atoms with van der Waals surface area (Å²) >= 11 is 5.91. The number of fused-ring (bicyclic) bond motifs is 1. The standard InChI is InChI=1S/C21H18ClN3O5/c1-10-4-5-11(2)14(8-10)24-20(28)18(26)16(21(29)30-3)17-19(27)25-15-9-12(22)6-7-13(15)23-17/h4-9,16H,1-3H3,(H,24,28)(H,25,27)/t16-/m1/s1. The van der Waals surface area contributed by atoms with E-state index < -0.39 is 34.8 Å². The number of esters is 1. The molecule has 0 aliphatic heterocycles. The molecule has 154 valence electrons. The van der Waals surface area contributed by atoms with Crippen LogP contribution in [0.15, 0.2) is 41.2 Å². The van der Waals surface area contributed by atoms with Crippen LogP contribution in [0.25, 0.3) is 11.0 Å². The summed E-state index contributed by atoms with van der Waals surface area (Å²) in [5.74, 6) is -5.10. The van der Waals surface area contributed by atoms with Gasteiger partial charge in [-0.05, 0) is 49.2 Å². The van der Waals surface area contributed by atoms with Crippen molar-refractivity contribution in [2.45, 2.75) is 19.8 Å². The minimum Gasteiger partial charge on any atom is -0.468 e.